The summed E-state index contributed by atoms with van der Waals surface area (Å²) in [5.74, 6) is 0. The first-order valence-corrected chi connectivity index (χ1v) is 4.56. The van der Waals surface area contributed by atoms with E-state index in [1.165, 1.54) is 11.3 Å². The van der Waals surface area contributed by atoms with Crippen molar-refractivity contribution < 1.29 is 31.1 Å². The van der Waals surface area contributed by atoms with Gasteiger partial charge in [0.05, 0.1) is 11.7 Å². The fraction of sp³-hybridized carbons (Fsp3) is 0.333. The zero-order chi connectivity index (χ0) is 9.84. The average Bonchev–Trinajstić information content (AvgIpc) is 2.52. The van der Waals surface area contributed by atoms with E-state index in [1.54, 1.807) is 13.0 Å². The van der Waals surface area contributed by atoms with Crippen LogP contribution in [0.3, 0.4) is 0 Å². The van der Waals surface area contributed by atoms with Crippen molar-refractivity contribution in [2.75, 3.05) is 19.0 Å². The first kappa shape index (κ1) is 13.7. The molecule has 0 saturated carbocycles. The number of thiazole rings is 1. The molecule has 0 aliphatic carbocycles. The summed E-state index contributed by atoms with van der Waals surface area (Å²) < 4.78 is 0. The first-order valence-electron chi connectivity index (χ1n) is 3.75. The molecule has 0 aliphatic rings. The Balaban J connectivity index is 0.00000169. The van der Waals surface area contributed by atoms with E-state index in [-0.39, 0.29) is 31.1 Å². The number of hydrogen-bond donors (Lipinski definition) is 0. The summed E-state index contributed by atoms with van der Waals surface area (Å²) in [6.45, 7) is 8.54. The molecular weight excluding hydrogens is 420 g/mol. The molecule has 0 unspecified atom stereocenters. The summed E-state index contributed by atoms with van der Waals surface area (Å²) in [6, 6.07) is 0. The molecule has 0 aliphatic heterocycles. The fourth-order valence-electron chi connectivity index (χ4n) is 0.722. The minimum atomic E-state index is 0. The number of allylic oxidation sites excluding steroid dienone is 1. The average molecular weight is 430 g/mol. The van der Waals surface area contributed by atoms with E-state index >= 15 is 0 Å². The van der Waals surface area contributed by atoms with E-state index in [0.29, 0.717) is 5.70 Å². The number of aromatic nitrogens is 1. The van der Waals surface area contributed by atoms with E-state index in [9.17, 15) is 0 Å². The van der Waals surface area contributed by atoms with Crippen molar-refractivity contribution >= 4 is 22.5 Å². The van der Waals surface area contributed by atoms with Gasteiger partial charge in [-0.2, -0.15) is 11.3 Å². The number of hydrogen-bond acceptors (Lipinski definition) is 3. The van der Waals surface area contributed by atoms with Crippen molar-refractivity contribution in [1.82, 2.24) is 4.98 Å². The van der Waals surface area contributed by atoms with Crippen LogP contribution in [0.1, 0.15) is 11.8 Å². The second kappa shape index (κ2) is 6.24. The molecule has 1 aromatic heterocycles. The first-order chi connectivity index (χ1) is 6.13. The van der Waals surface area contributed by atoms with Crippen LogP contribution in [0.5, 0.6) is 0 Å². The standard InChI is InChI=1S/C9H10N3S.U/c1-7(10-2)5-8-6-11-9(13-8)12(3)4;/h5H,1,3-4H3;/q-1;+2/b7-5+;. The van der Waals surface area contributed by atoms with Gasteiger partial charge in [-0.15, -0.1) is 6.08 Å². The Labute approximate surface area is 112 Å². The third-order valence-electron chi connectivity index (χ3n) is 1.36. The van der Waals surface area contributed by atoms with Gasteiger partial charge in [0, 0.05) is 0 Å². The normalized spacial score (nSPS) is 10.3. The Kier molecular flexibility index (Phi) is 6.11. The molecule has 0 saturated heterocycles. The molecule has 5 heteroatoms. The molecule has 3 nitrogen and oxygen atoms in total. The van der Waals surface area contributed by atoms with E-state index in [4.69, 9.17) is 6.57 Å². The Bertz CT molecular complexity index is 362. The molecule has 1 aromatic rings. The zero-order valence-electron chi connectivity index (χ0n) is 8.33. The quantitative estimate of drug-likeness (QED) is 0.672. The van der Waals surface area contributed by atoms with E-state index in [2.05, 4.69) is 16.0 Å². The maximum Gasteiger partial charge on any atom is 2.00 e. The third-order valence-corrected chi connectivity index (χ3v) is 2.43. The zero-order valence-corrected chi connectivity index (χ0v) is 13.3. The van der Waals surface area contributed by atoms with Gasteiger partial charge in [0.15, 0.2) is 0 Å². The van der Waals surface area contributed by atoms with Crippen LogP contribution in [-0.4, -0.2) is 19.1 Å². The molecule has 0 spiro atoms. The summed E-state index contributed by atoms with van der Waals surface area (Å²) in [4.78, 5) is 10.2. The van der Waals surface area contributed by atoms with Crippen LogP contribution in [0.4, 0.5) is 5.13 Å². The summed E-state index contributed by atoms with van der Waals surface area (Å²) in [7, 11) is 3.86. The second-order valence-electron chi connectivity index (χ2n) is 2.76. The molecule has 70 valence electrons. The predicted molar refractivity (Wildman–Crippen MR) is 55.5 cm³/mol. The van der Waals surface area contributed by atoms with Crippen LogP contribution < -0.4 is 4.90 Å². The molecular formula is C9H10N3SU+. The molecule has 0 bridgehead atoms. The topological polar surface area (TPSA) is 20.5 Å². The second-order valence-corrected chi connectivity index (χ2v) is 3.77. The van der Waals surface area contributed by atoms with Gasteiger partial charge in [-0.1, -0.05) is 11.1 Å². The molecule has 0 fully saturated rings. The van der Waals surface area contributed by atoms with E-state index < -0.39 is 0 Å². The van der Waals surface area contributed by atoms with Gasteiger partial charge >= 0.3 is 31.1 Å². The Morgan fingerprint density at radius 2 is 2.29 bits per heavy atom. The molecule has 0 N–H and O–H groups in total. The van der Waals surface area contributed by atoms with Gasteiger partial charge < -0.3 is 9.88 Å². The molecule has 0 aromatic carbocycles. The summed E-state index contributed by atoms with van der Waals surface area (Å²) in [6.07, 6.45) is 4.65. The van der Waals surface area contributed by atoms with Gasteiger partial charge in [-0.25, -0.2) is 0 Å². The van der Waals surface area contributed by atoms with Crippen LogP contribution >= 0.6 is 11.3 Å². The van der Waals surface area contributed by atoms with E-state index in [1.807, 2.05) is 19.0 Å². The van der Waals surface area contributed by atoms with Crippen molar-refractivity contribution in [2.45, 2.75) is 6.92 Å². The molecule has 14 heavy (non-hydrogen) atoms. The molecule has 1 heterocycles. The number of nitrogens with zero attached hydrogens (tertiary/aromatic N) is 3. The Morgan fingerprint density at radius 1 is 1.64 bits per heavy atom. The SMILES string of the molecule is [C-]#[N+]/C(C)=C/c1[c-]nc(N(C)C)s1.[U+2]. The van der Waals surface area contributed by atoms with Crippen LogP contribution in [0, 0.1) is 43.9 Å². The summed E-state index contributed by atoms with van der Waals surface area (Å²) >= 11 is 1.52. The molecule has 0 amide bonds. The Morgan fingerprint density at radius 3 is 2.71 bits per heavy atom. The van der Waals surface area contributed by atoms with Crippen LogP contribution in [0.25, 0.3) is 10.9 Å². The predicted octanol–water partition coefficient (Wildman–Crippen LogP) is 2.29. The third kappa shape index (κ3) is 3.84. The molecule has 1 rings (SSSR count). The van der Waals surface area contributed by atoms with Crippen LogP contribution in [-0.2, 0) is 0 Å². The van der Waals surface area contributed by atoms with Crippen molar-refractivity contribution in [3.05, 3.63) is 28.2 Å². The summed E-state index contributed by atoms with van der Waals surface area (Å²) in [5.41, 5.74) is 0.658. The van der Waals surface area contributed by atoms with Gasteiger partial charge in [0.1, 0.15) is 5.70 Å². The maximum atomic E-state index is 6.77. The minimum Gasteiger partial charge on any atom is -0.405 e. The largest absolute Gasteiger partial charge is 2.00 e. The monoisotopic (exact) mass is 430 g/mol. The molecule has 0 atom stereocenters. The fourth-order valence-corrected chi connectivity index (χ4v) is 1.51. The van der Waals surface area contributed by atoms with Gasteiger partial charge in [-0.05, 0) is 21.0 Å². The van der Waals surface area contributed by atoms with E-state index in [0.717, 1.165) is 10.0 Å². The number of anilines is 1. The van der Waals surface area contributed by atoms with Crippen molar-refractivity contribution in [1.29, 1.82) is 0 Å². The van der Waals surface area contributed by atoms with Crippen molar-refractivity contribution in [3.63, 3.8) is 0 Å². The van der Waals surface area contributed by atoms with Crippen LogP contribution in [0.15, 0.2) is 5.70 Å². The maximum absolute atomic E-state index is 6.77. The van der Waals surface area contributed by atoms with Gasteiger partial charge in [0.2, 0.25) is 0 Å². The van der Waals surface area contributed by atoms with Crippen LogP contribution in [0.2, 0.25) is 0 Å². The Hall–Kier alpha value is -0.288. The number of rotatable bonds is 2. The summed E-state index contributed by atoms with van der Waals surface area (Å²) in [5, 5.41) is 0.907. The van der Waals surface area contributed by atoms with Crippen molar-refractivity contribution in [2.24, 2.45) is 0 Å². The molecule has 0 radical (unpaired) electrons. The smallest absolute Gasteiger partial charge is 0.405 e. The van der Waals surface area contributed by atoms with Gasteiger partial charge in [-0.3, -0.25) is 4.85 Å². The van der Waals surface area contributed by atoms with Gasteiger partial charge in [0.25, 0.3) is 0 Å². The van der Waals surface area contributed by atoms with Crippen molar-refractivity contribution in [3.8, 4) is 0 Å². The minimum absolute atomic E-state index is 0.